The molecule has 1 aliphatic rings. The summed E-state index contributed by atoms with van der Waals surface area (Å²) >= 11 is 0. The van der Waals surface area contributed by atoms with Crippen LogP contribution < -0.4 is 5.32 Å². The molecule has 1 heteroatoms. The van der Waals surface area contributed by atoms with Crippen LogP contribution in [-0.2, 0) is 0 Å². The number of nitrogens with one attached hydrogen (secondary N) is 1. The molecule has 0 unspecified atom stereocenters. The van der Waals surface area contributed by atoms with Crippen molar-refractivity contribution in [1.82, 2.24) is 5.32 Å². The Bertz CT molecular complexity index is 84.2. The standard InChI is InChI=1S/C6H11N/c1-2-7-6-4-3-5-6/h4,7H,2-3,5H2,1H3. The van der Waals surface area contributed by atoms with Gasteiger partial charge in [-0.05, 0) is 19.8 Å². The lowest BCUT2D eigenvalue weighted by atomic mass is 10.1. The normalized spacial score (nSPS) is 17.6. The molecular weight excluding hydrogens is 86.1 g/mol. The maximum Gasteiger partial charge on any atom is 0.0115 e. The van der Waals surface area contributed by atoms with E-state index in [4.69, 9.17) is 0 Å². The minimum Gasteiger partial charge on any atom is -0.389 e. The third-order valence-electron chi connectivity index (χ3n) is 1.21. The van der Waals surface area contributed by atoms with Gasteiger partial charge in [-0.2, -0.15) is 0 Å². The second-order valence-corrected chi connectivity index (χ2v) is 1.80. The Morgan fingerprint density at radius 3 is 2.71 bits per heavy atom. The highest BCUT2D eigenvalue weighted by molar-refractivity contribution is 5.09. The molecule has 7 heavy (non-hydrogen) atoms. The van der Waals surface area contributed by atoms with E-state index in [9.17, 15) is 0 Å². The van der Waals surface area contributed by atoms with E-state index < -0.39 is 0 Å². The third-order valence-corrected chi connectivity index (χ3v) is 1.21. The van der Waals surface area contributed by atoms with Gasteiger partial charge >= 0.3 is 0 Å². The van der Waals surface area contributed by atoms with Crippen molar-refractivity contribution in [2.24, 2.45) is 0 Å². The van der Waals surface area contributed by atoms with E-state index in [-0.39, 0.29) is 0 Å². The van der Waals surface area contributed by atoms with Gasteiger partial charge in [0.05, 0.1) is 0 Å². The van der Waals surface area contributed by atoms with E-state index in [1.165, 1.54) is 18.5 Å². The molecule has 1 rings (SSSR count). The Labute approximate surface area is 44.4 Å². The average molecular weight is 97.2 g/mol. The Morgan fingerprint density at radius 1 is 1.86 bits per heavy atom. The minimum atomic E-state index is 1.08. The Hall–Kier alpha value is -0.460. The number of rotatable bonds is 2. The molecule has 0 spiro atoms. The lowest BCUT2D eigenvalue weighted by molar-refractivity contribution is 0.720. The van der Waals surface area contributed by atoms with Crippen molar-refractivity contribution in [1.29, 1.82) is 0 Å². The molecule has 0 heterocycles. The molecule has 0 radical (unpaired) electrons. The summed E-state index contributed by atoms with van der Waals surface area (Å²) in [5.41, 5.74) is 1.43. The zero-order valence-corrected chi connectivity index (χ0v) is 4.70. The van der Waals surface area contributed by atoms with Gasteiger partial charge in [0.1, 0.15) is 0 Å². The predicted octanol–water partition coefficient (Wildman–Crippen LogP) is 1.27. The molecule has 0 atom stereocenters. The van der Waals surface area contributed by atoms with Crippen LogP contribution in [0.4, 0.5) is 0 Å². The van der Waals surface area contributed by atoms with Crippen LogP contribution in [0.1, 0.15) is 19.8 Å². The molecule has 0 saturated carbocycles. The molecular formula is C6H11N. The molecule has 0 aromatic heterocycles. The average Bonchev–Trinajstić information content (AvgIpc) is 1.55. The van der Waals surface area contributed by atoms with E-state index >= 15 is 0 Å². The van der Waals surface area contributed by atoms with Crippen LogP contribution in [0, 0.1) is 0 Å². The highest BCUT2D eigenvalue weighted by Gasteiger charge is 2.00. The van der Waals surface area contributed by atoms with Gasteiger partial charge in [-0.25, -0.2) is 0 Å². The van der Waals surface area contributed by atoms with Gasteiger partial charge in [0.2, 0.25) is 0 Å². The number of allylic oxidation sites excluding steroid dienone is 2. The Kier molecular flexibility index (Phi) is 1.35. The second kappa shape index (κ2) is 2.01. The van der Waals surface area contributed by atoms with Gasteiger partial charge in [0.25, 0.3) is 0 Å². The van der Waals surface area contributed by atoms with Gasteiger partial charge in [0.15, 0.2) is 0 Å². The van der Waals surface area contributed by atoms with Crippen molar-refractivity contribution in [3.63, 3.8) is 0 Å². The van der Waals surface area contributed by atoms with E-state index in [2.05, 4.69) is 18.3 Å². The van der Waals surface area contributed by atoms with Gasteiger partial charge in [0, 0.05) is 12.2 Å². The smallest absolute Gasteiger partial charge is 0.0115 e. The Balaban J connectivity index is 2.15. The van der Waals surface area contributed by atoms with Gasteiger partial charge in [-0.15, -0.1) is 0 Å². The largest absolute Gasteiger partial charge is 0.389 e. The molecule has 1 aliphatic carbocycles. The van der Waals surface area contributed by atoms with Crippen LogP contribution in [0.25, 0.3) is 0 Å². The summed E-state index contributed by atoms with van der Waals surface area (Å²) in [6.45, 7) is 3.20. The molecule has 0 bridgehead atoms. The molecule has 1 nitrogen and oxygen atoms in total. The number of hydrogen-bond donors (Lipinski definition) is 1. The lowest BCUT2D eigenvalue weighted by Gasteiger charge is -2.14. The molecule has 0 aromatic carbocycles. The molecule has 0 fully saturated rings. The fourth-order valence-corrected chi connectivity index (χ4v) is 0.676. The van der Waals surface area contributed by atoms with E-state index in [1.54, 1.807) is 0 Å². The highest BCUT2D eigenvalue weighted by Crippen LogP contribution is 2.13. The van der Waals surface area contributed by atoms with Crippen LogP contribution in [0.5, 0.6) is 0 Å². The van der Waals surface area contributed by atoms with Gasteiger partial charge in [-0.1, -0.05) is 6.08 Å². The van der Waals surface area contributed by atoms with Crippen LogP contribution >= 0.6 is 0 Å². The first-order valence-corrected chi connectivity index (χ1v) is 2.86. The first kappa shape index (κ1) is 4.69. The monoisotopic (exact) mass is 97.1 g/mol. The molecule has 40 valence electrons. The van der Waals surface area contributed by atoms with E-state index in [0.29, 0.717) is 0 Å². The van der Waals surface area contributed by atoms with Crippen LogP contribution in [-0.4, -0.2) is 6.54 Å². The van der Waals surface area contributed by atoms with Crippen LogP contribution in [0.3, 0.4) is 0 Å². The van der Waals surface area contributed by atoms with E-state index in [0.717, 1.165) is 6.54 Å². The topological polar surface area (TPSA) is 12.0 Å². The summed E-state index contributed by atoms with van der Waals surface area (Å²) in [6.07, 6.45) is 4.79. The molecule has 0 saturated heterocycles. The second-order valence-electron chi connectivity index (χ2n) is 1.80. The zero-order chi connectivity index (χ0) is 5.11. The molecule has 0 amide bonds. The maximum absolute atomic E-state index is 3.24. The first-order valence-electron chi connectivity index (χ1n) is 2.86. The van der Waals surface area contributed by atoms with Crippen molar-refractivity contribution in [2.45, 2.75) is 19.8 Å². The van der Waals surface area contributed by atoms with Crippen molar-refractivity contribution in [3.8, 4) is 0 Å². The van der Waals surface area contributed by atoms with Crippen molar-refractivity contribution in [2.75, 3.05) is 6.54 Å². The fourth-order valence-electron chi connectivity index (χ4n) is 0.676. The molecule has 0 aliphatic heterocycles. The molecule has 0 aromatic rings. The van der Waals surface area contributed by atoms with Gasteiger partial charge in [-0.3, -0.25) is 0 Å². The minimum absolute atomic E-state index is 1.08. The maximum atomic E-state index is 3.24. The summed E-state index contributed by atoms with van der Waals surface area (Å²) in [6, 6.07) is 0. The fraction of sp³-hybridized carbons (Fsp3) is 0.667. The van der Waals surface area contributed by atoms with Crippen LogP contribution in [0.2, 0.25) is 0 Å². The number of hydrogen-bond acceptors (Lipinski definition) is 1. The first-order chi connectivity index (χ1) is 3.43. The third kappa shape index (κ3) is 0.952. The highest BCUT2D eigenvalue weighted by atomic mass is 14.9. The predicted molar refractivity (Wildman–Crippen MR) is 31.0 cm³/mol. The summed E-state index contributed by atoms with van der Waals surface area (Å²) < 4.78 is 0. The van der Waals surface area contributed by atoms with E-state index in [1.807, 2.05) is 0 Å². The zero-order valence-electron chi connectivity index (χ0n) is 4.70. The summed E-state index contributed by atoms with van der Waals surface area (Å²) in [4.78, 5) is 0. The quantitative estimate of drug-likeness (QED) is 0.547. The summed E-state index contributed by atoms with van der Waals surface area (Å²) in [5, 5.41) is 3.24. The Morgan fingerprint density at radius 2 is 2.57 bits per heavy atom. The molecule has 1 N–H and O–H groups in total. The summed E-state index contributed by atoms with van der Waals surface area (Å²) in [5.74, 6) is 0. The van der Waals surface area contributed by atoms with Crippen LogP contribution in [0.15, 0.2) is 11.8 Å². The van der Waals surface area contributed by atoms with Crippen molar-refractivity contribution < 1.29 is 0 Å². The summed E-state index contributed by atoms with van der Waals surface area (Å²) in [7, 11) is 0. The van der Waals surface area contributed by atoms with Crippen molar-refractivity contribution >= 4 is 0 Å². The SMILES string of the molecule is CCNC1=CCC1. The van der Waals surface area contributed by atoms with Crippen molar-refractivity contribution in [3.05, 3.63) is 11.8 Å². The lowest BCUT2D eigenvalue weighted by Crippen LogP contribution is -2.15. The van der Waals surface area contributed by atoms with Gasteiger partial charge < -0.3 is 5.32 Å².